The Morgan fingerprint density at radius 2 is 2.06 bits per heavy atom. The van der Waals surface area contributed by atoms with E-state index in [2.05, 4.69) is 4.90 Å². The van der Waals surface area contributed by atoms with Gasteiger partial charge >= 0.3 is 0 Å². The highest BCUT2D eigenvalue weighted by Crippen LogP contribution is 2.14. The fourth-order valence-corrected chi connectivity index (χ4v) is 2.35. The summed E-state index contributed by atoms with van der Waals surface area (Å²) in [5.74, 6) is 0.818. The standard InChI is InChI=1S/C11H21N3O2/c12-7-10-1-2-13(8-10)9-11(15)14-3-5-16-6-4-14/h10H,1-9,12H2. The Morgan fingerprint density at radius 3 is 2.69 bits per heavy atom. The van der Waals surface area contributed by atoms with Crippen molar-refractivity contribution in [2.45, 2.75) is 6.42 Å². The minimum absolute atomic E-state index is 0.237. The molecule has 5 heteroatoms. The van der Waals surface area contributed by atoms with Crippen molar-refractivity contribution in [2.24, 2.45) is 11.7 Å². The lowest BCUT2D eigenvalue weighted by molar-refractivity contribution is -0.136. The van der Waals surface area contributed by atoms with E-state index in [0.29, 0.717) is 25.7 Å². The minimum Gasteiger partial charge on any atom is -0.378 e. The molecule has 0 spiro atoms. The van der Waals surface area contributed by atoms with E-state index in [0.717, 1.165) is 39.1 Å². The second-order valence-electron chi connectivity index (χ2n) is 4.62. The van der Waals surface area contributed by atoms with Crippen LogP contribution in [-0.4, -0.2) is 68.2 Å². The molecule has 1 atom stereocenters. The average Bonchev–Trinajstić information content (AvgIpc) is 2.78. The molecule has 1 amide bonds. The molecule has 16 heavy (non-hydrogen) atoms. The fraction of sp³-hybridized carbons (Fsp3) is 0.909. The van der Waals surface area contributed by atoms with Gasteiger partial charge in [-0.25, -0.2) is 0 Å². The number of nitrogens with zero attached hydrogens (tertiary/aromatic N) is 2. The Balaban J connectivity index is 1.74. The van der Waals surface area contributed by atoms with E-state index in [-0.39, 0.29) is 5.91 Å². The molecule has 5 nitrogen and oxygen atoms in total. The molecule has 0 aromatic heterocycles. The molecule has 0 aliphatic carbocycles. The quantitative estimate of drug-likeness (QED) is 0.680. The summed E-state index contributed by atoms with van der Waals surface area (Å²) in [6.45, 7) is 6.12. The van der Waals surface area contributed by atoms with Crippen LogP contribution in [0.1, 0.15) is 6.42 Å². The third-order valence-electron chi connectivity index (χ3n) is 3.43. The zero-order valence-electron chi connectivity index (χ0n) is 9.73. The molecule has 1 unspecified atom stereocenters. The van der Waals surface area contributed by atoms with Gasteiger partial charge in [-0.05, 0) is 25.4 Å². The van der Waals surface area contributed by atoms with Gasteiger partial charge in [0.2, 0.25) is 5.91 Å². The molecule has 0 radical (unpaired) electrons. The Morgan fingerprint density at radius 1 is 1.31 bits per heavy atom. The number of rotatable bonds is 3. The molecule has 0 bridgehead atoms. The van der Waals surface area contributed by atoms with E-state index in [4.69, 9.17) is 10.5 Å². The Bertz CT molecular complexity index is 241. The van der Waals surface area contributed by atoms with Crippen molar-refractivity contribution in [3.8, 4) is 0 Å². The highest BCUT2D eigenvalue weighted by atomic mass is 16.5. The zero-order valence-corrected chi connectivity index (χ0v) is 9.73. The monoisotopic (exact) mass is 227 g/mol. The predicted octanol–water partition coefficient (Wildman–Crippen LogP) is -0.874. The second-order valence-corrected chi connectivity index (χ2v) is 4.62. The lowest BCUT2D eigenvalue weighted by Gasteiger charge is -2.28. The zero-order chi connectivity index (χ0) is 11.4. The summed E-state index contributed by atoms with van der Waals surface area (Å²) >= 11 is 0. The molecule has 2 aliphatic heterocycles. The van der Waals surface area contributed by atoms with Gasteiger partial charge in [0.15, 0.2) is 0 Å². The summed E-state index contributed by atoms with van der Waals surface area (Å²) in [4.78, 5) is 16.1. The topological polar surface area (TPSA) is 58.8 Å². The molecule has 0 aromatic rings. The number of hydrogen-bond donors (Lipinski definition) is 1. The molecule has 2 fully saturated rings. The third-order valence-corrected chi connectivity index (χ3v) is 3.43. The first kappa shape index (κ1) is 11.8. The summed E-state index contributed by atoms with van der Waals surface area (Å²) in [6, 6.07) is 0. The number of hydrogen-bond acceptors (Lipinski definition) is 4. The first-order valence-electron chi connectivity index (χ1n) is 6.07. The average molecular weight is 227 g/mol. The number of ether oxygens (including phenoxy) is 1. The molecule has 2 aliphatic rings. The van der Waals surface area contributed by atoms with Gasteiger partial charge in [0.1, 0.15) is 0 Å². The predicted molar refractivity (Wildman–Crippen MR) is 61.0 cm³/mol. The summed E-state index contributed by atoms with van der Waals surface area (Å²) in [6.07, 6.45) is 1.13. The highest BCUT2D eigenvalue weighted by molar-refractivity contribution is 5.78. The number of likely N-dealkylation sites (tertiary alicyclic amines) is 1. The van der Waals surface area contributed by atoms with Crippen LogP contribution in [0.5, 0.6) is 0 Å². The Hall–Kier alpha value is -0.650. The number of amides is 1. The van der Waals surface area contributed by atoms with Gasteiger partial charge in [-0.15, -0.1) is 0 Å². The van der Waals surface area contributed by atoms with Crippen molar-refractivity contribution < 1.29 is 9.53 Å². The van der Waals surface area contributed by atoms with Gasteiger partial charge in [-0.3, -0.25) is 9.69 Å². The summed E-state index contributed by atoms with van der Waals surface area (Å²) in [5, 5.41) is 0. The second kappa shape index (κ2) is 5.61. The van der Waals surface area contributed by atoms with Crippen LogP contribution >= 0.6 is 0 Å². The maximum atomic E-state index is 11.9. The van der Waals surface area contributed by atoms with Crippen LogP contribution in [0.15, 0.2) is 0 Å². The number of carbonyl (C=O) groups is 1. The number of nitrogens with two attached hydrogens (primary N) is 1. The van der Waals surface area contributed by atoms with Crippen molar-refractivity contribution in [1.82, 2.24) is 9.80 Å². The summed E-state index contributed by atoms with van der Waals surface area (Å²) in [5.41, 5.74) is 5.63. The van der Waals surface area contributed by atoms with Gasteiger partial charge in [0.25, 0.3) is 0 Å². The van der Waals surface area contributed by atoms with Crippen LogP contribution in [0.25, 0.3) is 0 Å². The van der Waals surface area contributed by atoms with E-state index in [1.165, 1.54) is 0 Å². The fourth-order valence-electron chi connectivity index (χ4n) is 2.35. The molecule has 2 saturated heterocycles. The third kappa shape index (κ3) is 2.93. The van der Waals surface area contributed by atoms with Gasteiger partial charge in [-0.2, -0.15) is 0 Å². The Labute approximate surface area is 96.5 Å². The highest BCUT2D eigenvalue weighted by Gasteiger charge is 2.25. The van der Waals surface area contributed by atoms with Crippen LogP contribution in [0.3, 0.4) is 0 Å². The van der Waals surface area contributed by atoms with Gasteiger partial charge in [-0.1, -0.05) is 0 Å². The first-order chi connectivity index (χ1) is 7.79. The largest absolute Gasteiger partial charge is 0.378 e. The minimum atomic E-state index is 0.237. The van der Waals surface area contributed by atoms with E-state index in [9.17, 15) is 4.79 Å². The van der Waals surface area contributed by atoms with E-state index in [1.807, 2.05) is 4.90 Å². The molecule has 92 valence electrons. The van der Waals surface area contributed by atoms with Crippen molar-refractivity contribution >= 4 is 5.91 Å². The van der Waals surface area contributed by atoms with Gasteiger partial charge in [0.05, 0.1) is 19.8 Å². The van der Waals surface area contributed by atoms with E-state index < -0.39 is 0 Å². The Kier molecular flexibility index (Phi) is 4.15. The molecule has 2 heterocycles. The maximum Gasteiger partial charge on any atom is 0.236 e. The van der Waals surface area contributed by atoms with Crippen molar-refractivity contribution in [1.29, 1.82) is 0 Å². The van der Waals surface area contributed by atoms with Crippen molar-refractivity contribution in [3.05, 3.63) is 0 Å². The van der Waals surface area contributed by atoms with E-state index >= 15 is 0 Å². The lowest BCUT2D eigenvalue weighted by Crippen LogP contribution is -2.45. The molecule has 0 saturated carbocycles. The smallest absolute Gasteiger partial charge is 0.236 e. The normalized spacial score (nSPS) is 27.3. The van der Waals surface area contributed by atoms with Crippen LogP contribution in [0.4, 0.5) is 0 Å². The number of carbonyl (C=O) groups excluding carboxylic acids is 1. The molecular weight excluding hydrogens is 206 g/mol. The van der Waals surface area contributed by atoms with Crippen LogP contribution < -0.4 is 5.73 Å². The van der Waals surface area contributed by atoms with E-state index in [1.54, 1.807) is 0 Å². The molecule has 0 aromatic carbocycles. The lowest BCUT2D eigenvalue weighted by atomic mass is 10.1. The van der Waals surface area contributed by atoms with Crippen molar-refractivity contribution in [2.75, 3.05) is 52.5 Å². The van der Waals surface area contributed by atoms with Crippen molar-refractivity contribution in [3.63, 3.8) is 0 Å². The maximum absolute atomic E-state index is 11.9. The first-order valence-corrected chi connectivity index (χ1v) is 6.07. The number of morpholine rings is 1. The van der Waals surface area contributed by atoms with Crippen LogP contribution in [-0.2, 0) is 9.53 Å². The molecular formula is C11H21N3O2. The molecule has 2 rings (SSSR count). The van der Waals surface area contributed by atoms with Gasteiger partial charge in [0, 0.05) is 19.6 Å². The van der Waals surface area contributed by atoms with Crippen LogP contribution in [0, 0.1) is 5.92 Å². The summed E-state index contributed by atoms with van der Waals surface area (Å²) < 4.78 is 5.23. The van der Waals surface area contributed by atoms with Gasteiger partial charge < -0.3 is 15.4 Å². The molecule has 2 N–H and O–H groups in total. The summed E-state index contributed by atoms with van der Waals surface area (Å²) in [7, 11) is 0. The SMILES string of the molecule is NCC1CCN(CC(=O)N2CCOCC2)C1. The van der Waals surface area contributed by atoms with Crippen LogP contribution in [0.2, 0.25) is 0 Å².